The average Bonchev–Trinajstić information content (AvgIpc) is 3.19. The summed E-state index contributed by atoms with van der Waals surface area (Å²) in [6.45, 7) is 13.4. The summed E-state index contributed by atoms with van der Waals surface area (Å²) in [5, 5.41) is 6.77. The van der Waals surface area contributed by atoms with Gasteiger partial charge in [-0.25, -0.2) is 4.99 Å². The van der Waals surface area contributed by atoms with Crippen molar-refractivity contribution in [1.82, 2.24) is 15.5 Å². The molecule has 1 aliphatic heterocycles. The van der Waals surface area contributed by atoms with Gasteiger partial charge in [-0.15, -0.1) is 24.0 Å². The lowest BCUT2D eigenvalue weighted by Crippen LogP contribution is -2.42. The molecule has 2 N–H and O–H groups in total. The van der Waals surface area contributed by atoms with Crippen molar-refractivity contribution in [2.24, 2.45) is 4.99 Å². The zero-order chi connectivity index (χ0) is 20.4. The van der Waals surface area contributed by atoms with Crippen molar-refractivity contribution in [2.45, 2.75) is 59.2 Å². The first kappa shape index (κ1) is 26.0. The van der Waals surface area contributed by atoms with Gasteiger partial charge in [-0.3, -0.25) is 0 Å². The van der Waals surface area contributed by atoms with E-state index in [1.54, 1.807) is 0 Å². The highest BCUT2D eigenvalue weighted by atomic mass is 127. The molecule has 6 nitrogen and oxygen atoms in total. The Morgan fingerprint density at radius 1 is 1.34 bits per heavy atom. The standard InChI is InChI=1S/C22H38N4O2.HI/c1-6-18(4)26(5)12-11-24-22(23-7-2)25-15-19-9-8-17(3)14-21(19)28-20-10-13-27-16-20;/h8-9,14,18,20H,6-7,10-13,15-16H2,1-5H3,(H2,23,24,25);1H. The van der Waals surface area contributed by atoms with E-state index in [2.05, 4.69) is 68.5 Å². The molecule has 2 unspecified atom stereocenters. The van der Waals surface area contributed by atoms with E-state index in [1.165, 1.54) is 5.56 Å². The fourth-order valence-electron chi connectivity index (χ4n) is 3.08. The van der Waals surface area contributed by atoms with E-state index < -0.39 is 0 Å². The van der Waals surface area contributed by atoms with Gasteiger partial charge in [0, 0.05) is 37.7 Å². The number of hydrogen-bond donors (Lipinski definition) is 2. The summed E-state index contributed by atoms with van der Waals surface area (Å²) in [5.41, 5.74) is 2.30. The molecule has 1 aliphatic rings. The molecule has 166 valence electrons. The molecule has 1 aromatic carbocycles. The number of hydrogen-bond acceptors (Lipinski definition) is 4. The van der Waals surface area contributed by atoms with Crippen molar-refractivity contribution in [2.75, 3.05) is 39.9 Å². The maximum atomic E-state index is 6.19. The number of nitrogens with zero attached hydrogens (tertiary/aromatic N) is 2. The van der Waals surface area contributed by atoms with Crippen LogP contribution in [0.2, 0.25) is 0 Å². The lowest BCUT2D eigenvalue weighted by molar-refractivity contribution is 0.140. The van der Waals surface area contributed by atoms with E-state index in [9.17, 15) is 0 Å². The van der Waals surface area contributed by atoms with E-state index in [0.29, 0.717) is 19.2 Å². The number of rotatable bonds is 10. The molecule has 0 spiro atoms. The Hall–Kier alpha value is -1.06. The predicted molar refractivity (Wildman–Crippen MR) is 132 cm³/mol. The normalized spacial score (nSPS) is 17.7. The van der Waals surface area contributed by atoms with Crippen LogP contribution < -0.4 is 15.4 Å². The van der Waals surface area contributed by atoms with E-state index in [-0.39, 0.29) is 30.1 Å². The molecular formula is C22H39IN4O2. The van der Waals surface area contributed by atoms with Gasteiger partial charge in [0.05, 0.1) is 19.8 Å². The van der Waals surface area contributed by atoms with Crippen LogP contribution in [0.25, 0.3) is 0 Å². The van der Waals surface area contributed by atoms with Crippen molar-refractivity contribution < 1.29 is 9.47 Å². The minimum Gasteiger partial charge on any atom is -0.488 e. The molecule has 0 radical (unpaired) electrons. The second-order valence-electron chi connectivity index (χ2n) is 7.57. The fraction of sp³-hybridized carbons (Fsp3) is 0.682. The summed E-state index contributed by atoms with van der Waals surface area (Å²) in [5.74, 6) is 1.77. The number of nitrogens with one attached hydrogen (secondary N) is 2. The molecule has 0 saturated carbocycles. The van der Waals surface area contributed by atoms with E-state index >= 15 is 0 Å². The molecule has 1 saturated heterocycles. The van der Waals surface area contributed by atoms with E-state index in [4.69, 9.17) is 14.5 Å². The summed E-state index contributed by atoms with van der Waals surface area (Å²) in [6, 6.07) is 6.92. The van der Waals surface area contributed by atoms with Crippen LogP contribution in [0.5, 0.6) is 5.75 Å². The monoisotopic (exact) mass is 518 g/mol. The quantitative estimate of drug-likeness (QED) is 0.282. The van der Waals surface area contributed by atoms with Crippen molar-refractivity contribution >= 4 is 29.9 Å². The van der Waals surface area contributed by atoms with Gasteiger partial charge in [-0.05, 0) is 45.9 Å². The highest BCUT2D eigenvalue weighted by Gasteiger charge is 2.18. The lowest BCUT2D eigenvalue weighted by atomic mass is 10.1. The summed E-state index contributed by atoms with van der Waals surface area (Å²) < 4.78 is 11.6. The molecule has 7 heteroatoms. The maximum Gasteiger partial charge on any atom is 0.191 e. The van der Waals surface area contributed by atoms with Crippen LogP contribution in [0.1, 0.15) is 44.7 Å². The zero-order valence-electron chi connectivity index (χ0n) is 18.7. The smallest absolute Gasteiger partial charge is 0.191 e. The third kappa shape index (κ3) is 9.09. The van der Waals surface area contributed by atoms with Gasteiger partial charge in [-0.1, -0.05) is 19.1 Å². The van der Waals surface area contributed by atoms with Gasteiger partial charge in [0.1, 0.15) is 11.9 Å². The number of ether oxygens (including phenoxy) is 2. The Morgan fingerprint density at radius 2 is 2.14 bits per heavy atom. The Labute approximate surface area is 193 Å². The number of halogens is 1. The molecule has 1 fully saturated rings. The molecule has 29 heavy (non-hydrogen) atoms. The van der Waals surface area contributed by atoms with Crippen LogP contribution in [0.4, 0.5) is 0 Å². The SMILES string of the molecule is CCNC(=NCc1ccc(C)cc1OC1CCOC1)NCCN(C)C(C)CC.I. The molecule has 0 aromatic heterocycles. The fourth-order valence-corrected chi connectivity index (χ4v) is 3.08. The third-order valence-corrected chi connectivity index (χ3v) is 5.26. The third-order valence-electron chi connectivity index (χ3n) is 5.26. The molecular weight excluding hydrogens is 479 g/mol. The van der Waals surface area contributed by atoms with Crippen molar-refractivity contribution in [3.63, 3.8) is 0 Å². The summed E-state index contributed by atoms with van der Waals surface area (Å²) in [7, 11) is 2.17. The molecule has 1 aromatic rings. The first-order valence-corrected chi connectivity index (χ1v) is 10.6. The average molecular weight is 518 g/mol. The second-order valence-corrected chi connectivity index (χ2v) is 7.57. The molecule has 1 heterocycles. The molecule has 2 rings (SSSR count). The Bertz CT molecular complexity index is 621. The minimum atomic E-state index is 0. The summed E-state index contributed by atoms with van der Waals surface area (Å²) >= 11 is 0. The maximum absolute atomic E-state index is 6.19. The number of likely N-dealkylation sites (N-methyl/N-ethyl adjacent to an activating group) is 1. The molecule has 0 aliphatic carbocycles. The van der Waals surface area contributed by atoms with Gasteiger partial charge in [0.15, 0.2) is 5.96 Å². The van der Waals surface area contributed by atoms with Crippen molar-refractivity contribution in [3.05, 3.63) is 29.3 Å². The number of benzene rings is 1. The number of guanidine groups is 1. The van der Waals surface area contributed by atoms with E-state index in [1.807, 2.05) is 0 Å². The first-order chi connectivity index (χ1) is 13.5. The predicted octanol–water partition coefficient (Wildman–Crippen LogP) is 3.57. The van der Waals surface area contributed by atoms with Gasteiger partial charge in [-0.2, -0.15) is 0 Å². The lowest BCUT2D eigenvalue weighted by Gasteiger charge is -2.24. The molecule has 0 bridgehead atoms. The highest BCUT2D eigenvalue weighted by Crippen LogP contribution is 2.24. The zero-order valence-corrected chi connectivity index (χ0v) is 21.0. The largest absolute Gasteiger partial charge is 0.488 e. The Kier molecular flexibility index (Phi) is 12.6. The van der Waals surface area contributed by atoms with Gasteiger partial charge in [0.25, 0.3) is 0 Å². The number of aliphatic imine (C=N–C) groups is 1. The summed E-state index contributed by atoms with van der Waals surface area (Å²) in [6.07, 6.45) is 2.25. The van der Waals surface area contributed by atoms with E-state index in [0.717, 1.165) is 56.4 Å². The molecule has 0 amide bonds. The Morgan fingerprint density at radius 3 is 2.79 bits per heavy atom. The summed E-state index contributed by atoms with van der Waals surface area (Å²) in [4.78, 5) is 7.14. The van der Waals surface area contributed by atoms with Crippen LogP contribution in [-0.4, -0.2) is 62.9 Å². The highest BCUT2D eigenvalue weighted by molar-refractivity contribution is 14.0. The first-order valence-electron chi connectivity index (χ1n) is 10.6. The second kappa shape index (κ2) is 14.0. The van der Waals surface area contributed by atoms with Gasteiger partial charge < -0.3 is 25.0 Å². The van der Waals surface area contributed by atoms with Gasteiger partial charge in [0.2, 0.25) is 0 Å². The van der Waals surface area contributed by atoms with Crippen LogP contribution in [0.3, 0.4) is 0 Å². The van der Waals surface area contributed by atoms with Crippen LogP contribution >= 0.6 is 24.0 Å². The van der Waals surface area contributed by atoms with Crippen molar-refractivity contribution in [3.8, 4) is 5.75 Å². The minimum absolute atomic E-state index is 0. The van der Waals surface area contributed by atoms with Crippen LogP contribution in [0.15, 0.2) is 23.2 Å². The topological polar surface area (TPSA) is 58.1 Å². The number of aryl methyl sites for hydroxylation is 1. The van der Waals surface area contributed by atoms with Crippen LogP contribution in [-0.2, 0) is 11.3 Å². The van der Waals surface area contributed by atoms with Crippen molar-refractivity contribution in [1.29, 1.82) is 0 Å². The Balaban J connectivity index is 0.00000420. The van der Waals surface area contributed by atoms with Crippen LogP contribution in [0, 0.1) is 6.92 Å². The molecule has 2 atom stereocenters. The van der Waals surface area contributed by atoms with Gasteiger partial charge >= 0.3 is 0 Å².